The summed E-state index contributed by atoms with van der Waals surface area (Å²) in [6, 6.07) is 2.50. The van der Waals surface area contributed by atoms with Crippen molar-refractivity contribution in [2.24, 2.45) is 5.92 Å². The molecule has 0 aliphatic heterocycles. The van der Waals surface area contributed by atoms with Gasteiger partial charge in [-0.1, -0.05) is 19.8 Å². The molecule has 124 valence electrons. The van der Waals surface area contributed by atoms with Gasteiger partial charge in [0.2, 0.25) is 0 Å². The number of hydrogen-bond acceptors (Lipinski definition) is 5. The fourth-order valence-electron chi connectivity index (χ4n) is 2.60. The minimum absolute atomic E-state index is 0.0796. The first kappa shape index (κ1) is 16.9. The summed E-state index contributed by atoms with van der Waals surface area (Å²) < 4.78 is 4.84. The first-order valence-electron chi connectivity index (χ1n) is 7.73. The largest absolute Gasteiger partial charge is 0.452 e. The van der Waals surface area contributed by atoms with E-state index >= 15 is 0 Å². The third-order valence-electron chi connectivity index (χ3n) is 3.93. The van der Waals surface area contributed by atoms with Crippen LogP contribution < -0.4 is 10.6 Å². The zero-order chi connectivity index (χ0) is 16.7. The lowest BCUT2D eigenvalue weighted by Crippen LogP contribution is -2.48. The van der Waals surface area contributed by atoms with Crippen molar-refractivity contribution in [1.29, 1.82) is 0 Å². The van der Waals surface area contributed by atoms with Crippen LogP contribution in [0.4, 0.5) is 4.79 Å². The maximum Gasteiger partial charge on any atom is 0.338 e. The lowest BCUT2D eigenvalue weighted by Gasteiger charge is -2.29. The molecule has 0 radical (unpaired) electrons. The third kappa shape index (κ3) is 5.36. The van der Waals surface area contributed by atoms with Crippen LogP contribution >= 0.6 is 0 Å². The summed E-state index contributed by atoms with van der Waals surface area (Å²) in [5, 5.41) is 4.98. The Hall–Kier alpha value is -2.44. The molecule has 1 heterocycles. The summed E-state index contributed by atoms with van der Waals surface area (Å²) in [7, 11) is 0. The Labute approximate surface area is 134 Å². The van der Waals surface area contributed by atoms with Crippen molar-refractivity contribution >= 4 is 17.9 Å². The predicted molar refractivity (Wildman–Crippen MR) is 82.6 cm³/mol. The Morgan fingerprint density at radius 2 is 1.91 bits per heavy atom. The average Bonchev–Trinajstić information content (AvgIpc) is 2.55. The number of aromatic nitrogens is 1. The Morgan fingerprint density at radius 1 is 1.22 bits per heavy atom. The molecule has 1 aromatic rings. The number of ether oxygens (including phenoxy) is 1. The van der Waals surface area contributed by atoms with Crippen molar-refractivity contribution in [2.75, 3.05) is 6.61 Å². The van der Waals surface area contributed by atoms with E-state index in [0.29, 0.717) is 11.5 Å². The molecule has 1 aromatic heterocycles. The molecule has 1 aliphatic carbocycles. The van der Waals surface area contributed by atoms with Gasteiger partial charge in [-0.3, -0.25) is 15.1 Å². The van der Waals surface area contributed by atoms with Crippen LogP contribution in [-0.2, 0) is 9.53 Å². The first-order chi connectivity index (χ1) is 11.1. The number of esters is 1. The number of urea groups is 1. The molecule has 0 saturated heterocycles. The van der Waals surface area contributed by atoms with E-state index < -0.39 is 24.5 Å². The van der Waals surface area contributed by atoms with E-state index in [0.717, 1.165) is 19.3 Å². The average molecular weight is 319 g/mol. The smallest absolute Gasteiger partial charge is 0.338 e. The molecule has 0 aromatic carbocycles. The third-order valence-corrected chi connectivity index (χ3v) is 3.93. The van der Waals surface area contributed by atoms with Gasteiger partial charge in [-0.05, 0) is 30.9 Å². The molecule has 1 fully saturated rings. The van der Waals surface area contributed by atoms with E-state index in [4.69, 9.17) is 4.74 Å². The highest BCUT2D eigenvalue weighted by Gasteiger charge is 2.23. The van der Waals surface area contributed by atoms with E-state index in [-0.39, 0.29) is 6.04 Å². The molecule has 7 nitrogen and oxygen atoms in total. The van der Waals surface area contributed by atoms with Crippen molar-refractivity contribution in [3.05, 3.63) is 30.1 Å². The van der Waals surface area contributed by atoms with Gasteiger partial charge in [0.1, 0.15) is 0 Å². The summed E-state index contributed by atoms with van der Waals surface area (Å²) in [4.78, 5) is 38.9. The molecule has 1 aliphatic rings. The maximum atomic E-state index is 11.8. The molecule has 7 heteroatoms. The van der Waals surface area contributed by atoms with Crippen LogP contribution in [0.2, 0.25) is 0 Å². The first-order valence-corrected chi connectivity index (χ1v) is 7.73. The summed E-state index contributed by atoms with van der Waals surface area (Å²) in [6.07, 6.45) is 7.14. The monoisotopic (exact) mass is 319 g/mol. The van der Waals surface area contributed by atoms with Crippen LogP contribution in [0.5, 0.6) is 0 Å². The van der Waals surface area contributed by atoms with E-state index in [1.807, 2.05) is 0 Å². The summed E-state index contributed by atoms with van der Waals surface area (Å²) in [5.41, 5.74) is 0.299. The number of carbonyl (C=O) groups excluding carboxylic acids is 3. The van der Waals surface area contributed by atoms with Crippen LogP contribution in [0.15, 0.2) is 24.5 Å². The van der Waals surface area contributed by atoms with Gasteiger partial charge in [0.05, 0.1) is 5.56 Å². The topological polar surface area (TPSA) is 97.4 Å². The standard InChI is InChI=1S/C16H21N3O4/c1-11-4-2-3-5-13(11)18-16(22)19-14(20)10-23-15(21)12-6-8-17-9-7-12/h6-9,11,13H,2-5,10H2,1H3,(H2,18,19,20,22)/t11-,13-/m0/s1. The van der Waals surface area contributed by atoms with Gasteiger partial charge in [-0.25, -0.2) is 9.59 Å². The van der Waals surface area contributed by atoms with Crippen molar-refractivity contribution in [3.63, 3.8) is 0 Å². The van der Waals surface area contributed by atoms with Crippen molar-refractivity contribution in [3.8, 4) is 0 Å². The van der Waals surface area contributed by atoms with Crippen LogP contribution in [0.1, 0.15) is 43.0 Å². The Bertz CT molecular complexity index is 562. The number of carbonyl (C=O) groups is 3. The highest BCUT2D eigenvalue weighted by atomic mass is 16.5. The number of imide groups is 1. The van der Waals surface area contributed by atoms with Gasteiger partial charge in [0, 0.05) is 18.4 Å². The minimum atomic E-state index is -0.659. The Morgan fingerprint density at radius 3 is 2.61 bits per heavy atom. The van der Waals surface area contributed by atoms with Crippen molar-refractivity contribution in [2.45, 2.75) is 38.6 Å². The van der Waals surface area contributed by atoms with E-state index in [1.165, 1.54) is 30.9 Å². The highest BCUT2D eigenvalue weighted by molar-refractivity contribution is 5.97. The van der Waals surface area contributed by atoms with Gasteiger partial charge in [0.25, 0.3) is 5.91 Å². The lowest BCUT2D eigenvalue weighted by atomic mass is 9.86. The van der Waals surface area contributed by atoms with Crippen LogP contribution in [0.25, 0.3) is 0 Å². The molecule has 3 amide bonds. The van der Waals surface area contributed by atoms with Crippen molar-refractivity contribution in [1.82, 2.24) is 15.6 Å². The molecule has 0 bridgehead atoms. The number of nitrogens with one attached hydrogen (secondary N) is 2. The lowest BCUT2D eigenvalue weighted by molar-refractivity contribution is -0.123. The van der Waals surface area contributed by atoms with E-state index in [9.17, 15) is 14.4 Å². The van der Waals surface area contributed by atoms with Gasteiger partial charge in [0.15, 0.2) is 6.61 Å². The number of rotatable bonds is 4. The molecule has 2 N–H and O–H groups in total. The minimum Gasteiger partial charge on any atom is -0.452 e. The summed E-state index contributed by atoms with van der Waals surface area (Å²) in [5.74, 6) is -0.897. The zero-order valence-electron chi connectivity index (χ0n) is 13.1. The number of nitrogens with zero attached hydrogens (tertiary/aromatic N) is 1. The van der Waals surface area contributed by atoms with Crippen LogP contribution in [-0.4, -0.2) is 35.5 Å². The molecule has 2 atom stereocenters. The SMILES string of the molecule is C[C@H]1CCCC[C@@H]1NC(=O)NC(=O)COC(=O)c1ccncc1. The quantitative estimate of drug-likeness (QED) is 0.822. The predicted octanol–water partition coefficient (Wildman–Crippen LogP) is 1.64. The second kappa shape index (κ2) is 8.26. The fourth-order valence-corrected chi connectivity index (χ4v) is 2.60. The molecule has 0 spiro atoms. The van der Waals surface area contributed by atoms with Gasteiger partial charge in [-0.15, -0.1) is 0 Å². The molecular weight excluding hydrogens is 298 g/mol. The molecule has 23 heavy (non-hydrogen) atoms. The molecule has 0 unspecified atom stereocenters. The van der Waals surface area contributed by atoms with Gasteiger partial charge < -0.3 is 10.1 Å². The second-order valence-electron chi connectivity index (χ2n) is 5.70. The second-order valence-corrected chi connectivity index (χ2v) is 5.70. The summed E-state index contributed by atoms with van der Waals surface area (Å²) in [6.45, 7) is 1.58. The molecular formula is C16H21N3O4. The Balaban J connectivity index is 1.71. The normalized spacial score (nSPS) is 20.4. The van der Waals surface area contributed by atoms with E-state index in [1.54, 1.807) is 0 Å². The summed E-state index contributed by atoms with van der Waals surface area (Å²) >= 11 is 0. The van der Waals surface area contributed by atoms with Crippen molar-refractivity contribution < 1.29 is 19.1 Å². The van der Waals surface area contributed by atoms with Gasteiger partial charge in [-0.2, -0.15) is 0 Å². The number of hydrogen-bond donors (Lipinski definition) is 2. The van der Waals surface area contributed by atoms with Crippen LogP contribution in [0, 0.1) is 5.92 Å². The maximum absolute atomic E-state index is 11.8. The molecule has 2 rings (SSSR count). The number of amides is 3. The number of pyridine rings is 1. The Kier molecular flexibility index (Phi) is 6.08. The van der Waals surface area contributed by atoms with Gasteiger partial charge >= 0.3 is 12.0 Å². The van der Waals surface area contributed by atoms with Crippen LogP contribution in [0.3, 0.4) is 0 Å². The highest BCUT2D eigenvalue weighted by Crippen LogP contribution is 2.23. The fraction of sp³-hybridized carbons (Fsp3) is 0.500. The van der Waals surface area contributed by atoms with E-state index in [2.05, 4.69) is 22.5 Å². The zero-order valence-corrected chi connectivity index (χ0v) is 13.1. The molecule has 1 saturated carbocycles.